The fourth-order valence-corrected chi connectivity index (χ4v) is 4.19. The van der Waals surface area contributed by atoms with Crippen LogP contribution in [0.3, 0.4) is 0 Å². The SMILES string of the molecule is Cc1ccc(S(=O)(=O)[C@@H]2O[C@@]2(C)c2ccccc2)cc1. The molecule has 2 aromatic carbocycles. The Hall–Kier alpha value is -1.65. The van der Waals surface area contributed by atoms with Crippen molar-refractivity contribution in [3.63, 3.8) is 0 Å². The van der Waals surface area contributed by atoms with Gasteiger partial charge in [-0.15, -0.1) is 0 Å². The first kappa shape index (κ1) is 13.3. The third-order valence-corrected chi connectivity index (χ3v) is 5.76. The predicted molar refractivity (Wildman–Crippen MR) is 77.0 cm³/mol. The van der Waals surface area contributed by atoms with Gasteiger partial charge in [0.25, 0.3) is 0 Å². The number of hydrogen-bond acceptors (Lipinski definition) is 3. The van der Waals surface area contributed by atoms with E-state index in [1.807, 2.05) is 44.2 Å². The van der Waals surface area contributed by atoms with Crippen LogP contribution in [0.4, 0.5) is 0 Å². The topological polar surface area (TPSA) is 46.7 Å². The van der Waals surface area contributed by atoms with E-state index in [0.29, 0.717) is 4.90 Å². The van der Waals surface area contributed by atoms with E-state index in [0.717, 1.165) is 11.1 Å². The molecule has 0 amide bonds. The first-order chi connectivity index (χ1) is 9.44. The average molecular weight is 288 g/mol. The van der Waals surface area contributed by atoms with Crippen LogP contribution in [0.15, 0.2) is 59.5 Å². The van der Waals surface area contributed by atoms with E-state index in [9.17, 15) is 8.42 Å². The zero-order valence-electron chi connectivity index (χ0n) is 11.4. The Morgan fingerprint density at radius 2 is 1.60 bits per heavy atom. The highest BCUT2D eigenvalue weighted by Crippen LogP contribution is 2.50. The van der Waals surface area contributed by atoms with Crippen molar-refractivity contribution in [1.29, 1.82) is 0 Å². The fraction of sp³-hybridized carbons (Fsp3) is 0.250. The number of rotatable bonds is 3. The summed E-state index contributed by atoms with van der Waals surface area (Å²) in [5, 5.41) is 0. The maximum atomic E-state index is 12.6. The van der Waals surface area contributed by atoms with Gasteiger partial charge in [0.1, 0.15) is 5.60 Å². The molecule has 0 unspecified atom stereocenters. The molecule has 0 radical (unpaired) electrons. The zero-order valence-corrected chi connectivity index (χ0v) is 12.2. The molecular weight excluding hydrogens is 272 g/mol. The van der Waals surface area contributed by atoms with Crippen LogP contribution in [0.1, 0.15) is 18.1 Å². The van der Waals surface area contributed by atoms with Gasteiger partial charge in [0.05, 0.1) is 4.90 Å². The number of benzene rings is 2. The Morgan fingerprint density at radius 1 is 1.00 bits per heavy atom. The fourth-order valence-electron chi connectivity index (χ4n) is 2.37. The van der Waals surface area contributed by atoms with Gasteiger partial charge in [-0.1, -0.05) is 48.0 Å². The largest absolute Gasteiger partial charge is 0.344 e. The van der Waals surface area contributed by atoms with Gasteiger partial charge in [0.15, 0.2) is 5.44 Å². The molecule has 0 N–H and O–H groups in total. The Labute approximate surface area is 119 Å². The smallest absolute Gasteiger partial charge is 0.208 e. The standard InChI is InChI=1S/C16H16O3S/c1-12-8-10-14(11-9-12)20(17,18)15-16(2,19-15)13-6-4-3-5-7-13/h3-11,15H,1-2H3/t15-,16-/m0/s1. The van der Waals surface area contributed by atoms with Crippen LogP contribution in [0.5, 0.6) is 0 Å². The summed E-state index contributed by atoms with van der Waals surface area (Å²) in [4.78, 5) is 0.313. The van der Waals surface area contributed by atoms with E-state index in [-0.39, 0.29) is 0 Å². The highest BCUT2D eigenvalue weighted by molar-refractivity contribution is 7.92. The molecule has 0 spiro atoms. The van der Waals surface area contributed by atoms with Gasteiger partial charge in [-0.2, -0.15) is 0 Å². The molecule has 0 bridgehead atoms. The third kappa shape index (κ3) is 2.05. The molecule has 3 rings (SSSR count). The normalized spacial score (nSPS) is 25.4. The minimum atomic E-state index is -3.46. The molecule has 1 aliphatic heterocycles. The number of ether oxygens (including phenoxy) is 1. The highest BCUT2D eigenvalue weighted by atomic mass is 32.2. The summed E-state index contributed by atoms with van der Waals surface area (Å²) in [5.41, 5.74) is 0.373. The summed E-state index contributed by atoms with van der Waals surface area (Å²) in [6.07, 6.45) is 0. The van der Waals surface area contributed by atoms with E-state index < -0.39 is 20.9 Å². The van der Waals surface area contributed by atoms with Gasteiger partial charge in [-0.3, -0.25) is 0 Å². The molecule has 1 aliphatic rings. The van der Waals surface area contributed by atoms with Gasteiger partial charge in [0, 0.05) is 0 Å². The van der Waals surface area contributed by atoms with Crippen LogP contribution in [0.2, 0.25) is 0 Å². The van der Waals surface area contributed by atoms with E-state index in [1.54, 1.807) is 24.3 Å². The van der Waals surface area contributed by atoms with Crippen molar-refractivity contribution in [3.8, 4) is 0 Å². The van der Waals surface area contributed by atoms with E-state index in [2.05, 4.69) is 0 Å². The molecule has 0 aromatic heterocycles. The summed E-state index contributed by atoms with van der Waals surface area (Å²) in [6.45, 7) is 3.75. The van der Waals surface area contributed by atoms with Gasteiger partial charge < -0.3 is 4.74 Å². The second-order valence-electron chi connectivity index (χ2n) is 5.28. The summed E-state index contributed by atoms with van der Waals surface area (Å²) in [7, 11) is -3.46. The summed E-state index contributed by atoms with van der Waals surface area (Å²) in [6, 6.07) is 16.3. The maximum absolute atomic E-state index is 12.6. The lowest BCUT2D eigenvalue weighted by atomic mass is 10.0. The molecule has 2 atom stereocenters. The van der Waals surface area contributed by atoms with Gasteiger partial charge in [-0.05, 0) is 31.5 Å². The van der Waals surface area contributed by atoms with Gasteiger partial charge in [-0.25, -0.2) is 8.42 Å². The van der Waals surface area contributed by atoms with Crippen molar-refractivity contribution in [3.05, 3.63) is 65.7 Å². The number of sulfone groups is 1. The van der Waals surface area contributed by atoms with Gasteiger partial charge >= 0.3 is 0 Å². The van der Waals surface area contributed by atoms with Crippen molar-refractivity contribution in [2.45, 2.75) is 29.8 Å². The third-order valence-electron chi connectivity index (χ3n) is 3.72. The second-order valence-corrected chi connectivity index (χ2v) is 7.27. The number of aryl methyl sites for hydroxylation is 1. The molecule has 4 heteroatoms. The minimum absolute atomic E-state index is 0.313. The first-order valence-electron chi connectivity index (χ1n) is 6.48. The van der Waals surface area contributed by atoms with E-state index in [4.69, 9.17) is 4.74 Å². The molecule has 0 aliphatic carbocycles. The van der Waals surface area contributed by atoms with Crippen molar-refractivity contribution in [1.82, 2.24) is 0 Å². The molecule has 104 valence electrons. The summed E-state index contributed by atoms with van der Waals surface area (Å²) < 4.78 is 30.7. The Morgan fingerprint density at radius 3 is 2.20 bits per heavy atom. The number of hydrogen-bond donors (Lipinski definition) is 0. The van der Waals surface area contributed by atoms with E-state index in [1.165, 1.54) is 0 Å². The monoisotopic (exact) mass is 288 g/mol. The van der Waals surface area contributed by atoms with E-state index >= 15 is 0 Å². The van der Waals surface area contributed by atoms with Crippen LogP contribution >= 0.6 is 0 Å². The molecule has 3 nitrogen and oxygen atoms in total. The van der Waals surface area contributed by atoms with Gasteiger partial charge in [0.2, 0.25) is 9.84 Å². The van der Waals surface area contributed by atoms with Crippen LogP contribution in [-0.4, -0.2) is 13.9 Å². The molecule has 1 fully saturated rings. The average Bonchev–Trinajstić information content (AvgIpc) is 3.15. The van der Waals surface area contributed by atoms with Crippen LogP contribution in [0.25, 0.3) is 0 Å². The lowest BCUT2D eigenvalue weighted by Crippen LogP contribution is -2.17. The van der Waals surface area contributed by atoms with Crippen LogP contribution < -0.4 is 0 Å². The van der Waals surface area contributed by atoms with Crippen molar-refractivity contribution in [2.75, 3.05) is 0 Å². The summed E-state index contributed by atoms with van der Waals surface area (Å²) >= 11 is 0. The molecule has 1 heterocycles. The summed E-state index contributed by atoms with van der Waals surface area (Å²) in [5.74, 6) is 0. The van der Waals surface area contributed by atoms with Crippen molar-refractivity contribution >= 4 is 9.84 Å². The lowest BCUT2D eigenvalue weighted by Gasteiger charge is -2.07. The lowest BCUT2D eigenvalue weighted by molar-refractivity contribution is 0.323. The maximum Gasteiger partial charge on any atom is 0.208 e. The van der Waals surface area contributed by atoms with Crippen molar-refractivity contribution < 1.29 is 13.2 Å². The second kappa shape index (κ2) is 4.43. The van der Waals surface area contributed by atoms with Crippen molar-refractivity contribution in [2.24, 2.45) is 0 Å². The quantitative estimate of drug-likeness (QED) is 0.816. The molecule has 1 saturated heterocycles. The Balaban J connectivity index is 1.94. The minimum Gasteiger partial charge on any atom is -0.344 e. The highest BCUT2D eigenvalue weighted by Gasteiger charge is 2.61. The first-order valence-corrected chi connectivity index (χ1v) is 8.03. The molecular formula is C16H16O3S. The Kier molecular flexibility index (Phi) is 2.96. The van der Waals surface area contributed by atoms with Crippen LogP contribution in [-0.2, 0) is 20.2 Å². The van der Waals surface area contributed by atoms with Crippen LogP contribution in [0, 0.1) is 6.92 Å². The predicted octanol–water partition coefficient (Wildman–Crippen LogP) is 3.04. The number of epoxide rings is 1. The molecule has 20 heavy (non-hydrogen) atoms. The molecule has 2 aromatic rings. The zero-order chi connectivity index (χ0) is 14.4. The Bertz CT molecular complexity index is 720. The molecule has 0 saturated carbocycles.